The first-order chi connectivity index (χ1) is 14.5. The van der Waals surface area contributed by atoms with Crippen LogP contribution in [0.4, 0.5) is 5.69 Å². The second-order valence-corrected chi connectivity index (χ2v) is 12.4. The number of amides is 1. The van der Waals surface area contributed by atoms with Gasteiger partial charge in [-0.25, -0.2) is 8.42 Å². The van der Waals surface area contributed by atoms with Gasteiger partial charge in [-0.05, 0) is 55.4 Å². The molecule has 1 aromatic carbocycles. The minimum Gasteiger partial charge on any atom is -0.372 e. The molecule has 3 rings (SSSR count). The van der Waals surface area contributed by atoms with Crippen LogP contribution >= 0.6 is 23.2 Å². The second-order valence-electron chi connectivity index (χ2n) is 9.14. The Balaban J connectivity index is 1.84. The number of carbonyl (C=O) groups excluding carboxylic acids is 1. The van der Waals surface area contributed by atoms with Crippen LogP contribution in [-0.4, -0.2) is 49.9 Å². The monoisotopic (exact) mass is 486 g/mol. The Hall–Kier alpha value is -1.24. The molecular formula is C23H32Cl2N2O3S. The highest BCUT2D eigenvalue weighted by Crippen LogP contribution is 2.60. The molecule has 2 aliphatic rings. The normalized spacial score (nSPS) is 25.7. The molecule has 2 fully saturated rings. The predicted octanol–water partition coefficient (Wildman–Crippen LogP) is 4.64. The Morgan fingerprint density at radius 2 is 1.77 bits per heavy atom. The van der Waals surface area contributed by atoms with Gasteiger partial charge in [0, 0.05) is 31.4 Å². The molecule has 1 amide bonds. The van der Waals surface area contributed by atoms with Gasteiger partial charge < -0.3 is 9.80 Å². The average Bonchev–Trinajstić information content (AvgIpc) is 3.02. The van der Waals surface area contributed by atoms with E-state index in [-0.39, 0.29) is 45.2 Å². The molecule has 0 radical (unpaired) electrons. The summed E-state index contributed by atoms with van der Waals surface area (Å²) in [6, 6.07) is 7.89. The molecule has 172 valence electrons. The van der Waals surface area contributed by atoms with E-state index in [4.69, 9.17) is 23.2 Å². The van der Waals surface area contributed by atoms with Crippen molar-refractivity contribution in [2.45, 2.75) is 46.7 Å². The van der Waals surface area contributed by atoms with Gasteiger partial charge in [0.15, 0.2) is 9.84 Å². The van der Waals surface area contributed by atoms with Gasteiger partial charge in [-0.2, -0.15) is 0 Å². The summed E-state index contributed by atoms with van der Waals surface area (Å²) in [5, 5.41) is 0. The van der Waals surface area contributed by atoms with Crippen LogP contribution in [0.2, 0.25) is 0 Å². The average molecular weight is 487 g/mol. The lowest BCUT2D eigenvalue weighted by Gasteiger charge is -2.29. The molecule has 31 heavy (non-hydrogen) atoms. The number of hydrogen-bond acceptors (Lipinski definition) is 4. The predicted molar refractivity (Wildman–Crippen MR) is 128 cm³/mol. The van der Waals surface area contributed by atoms with Gasteiger partial charge >= 0.3 is 0 Å². The lowest BCUT2D eigenvalue weighted by molar-refractivity contribution is -0.136. The lowest BCUT2D eigenvalue weighted by Crippen LogP contribution is -2.42. The molecule has 1 aliphatic heterocycles. The molecule has 0 N–H and O–H groups in total. The van der Waals surface area contributed by atoms with Gasteiger partial charge in [0.1, 0.15) is 4.49 Å². The SMILES string of the molecule is CCN(CC)c1ccc(CN(C(=O)[C@H]2[C@H](C=C(Cl)Cl)C2(C)C)[C@H]2CCS(=O)(=O)C2)cc1. The van der Waals surface area contributed by atoms with E-state index in [1.54, 1.807) is 11.0 Å². The number of sulfone groups is 1. The van der Waals surface area contributed by atoms with Gasteiger partial charge in [0.25, 0.3) is 0 Å². The Labute approximate surface area is 196 Å². The number of hydrogen-bond donors (Lipinski definition) is 0. The van der Waals surface area contributed by atoms with Crippen molar-refractivity contribution >= 4 is 44.6 Å². The van der Waals surface area contributed by atoms with Gasteiger partial charge in [-0.1, -0.05) is 49.2 Å². The molecule has 1 saturated carbocycles. The first-order valence-electron chi connectivity index (χ1n) is 10.9. The number of benzene rings is 1. The maximum atomic E-state index is 13.6. The third kappa shape index (κ3) is 5.40. The summed E-state index contributed by atoms with van der Waals surface area (Å²) >= 11 is 11.7. The zero-order valence-corrected chi connectivity index (χ0v) is 21.0. The zero-order chi connectivity index (χ0) is 23.0. The smallest absolute Gasteiger partial charge is 0.227 e. The fraction of sp³-hybridized carbons (Fsp3) is 0.609. The summed E-state index contributed by atoms with van der Waals surface area (Å²) in [6.07, 6.45) is 2.21. The number of nitrogens with zero attached hydrogens (tertiary/aromatic N) is 2. The van der Waals surface area contributed by atoms with Crippen molar-refractivity contribution in [3.05, 3.63) is 40.4 Å². The molecule has 8 heteroatoms. The van der Waals surface area contributed by atoms with Crippen molar-refractivity contribution in [3.8, 4) is 0 Å². The van der Waals surface area contributed by atoms with Crippen molar-refractivity contribution in [1.82, 2.24) is 4.90 Å². The quantitative estimate of drug-likeness (QED) is 0.536. The van der Waals surface area contributed by atoms with Crippen molar-refractivity contribution in [3.63, 3.8) is 0 Å². The number of halogens is 2. The highest BCUT2D eigenvalue weighted by atomic mass is 35.5. The van der Waals surface area contributed by atoms with Crippen LogP contribution in [0, 0.1) is 17.3 Å². The number of anilines is 1. The molecule has 5 nitrogen and oxygen atoms in total. The molecule has 1 saturated heterocycles. The van der Waals surface area contributed by atoms with Crippen LogP contribution in [0.25, 0.3) is 0 Å². The summed E-state index contributed by atoms with van der Waals surface area (Å²) in [6.45, 7) is 10.5. The maximum Gasteiger partial charge on any atom is 0.227 e. The topological polar surface area (TPSA) is 57.7 Å². The van der Waals surface area contributed by atoms with Crippen molar-refractivity contribution in [2.24, 2.45) is 17.3 Å². The number of carbonyl (C=O) groups is 1. The van der Waals surface area contributed by atoms with Gasteiger partial charge in [-0.15, -0.1) is 0 Å². The van der Waals surface area contributed by atoms with Gasteiger partial charge in [0.05, 0.1) is 17.4 Å². The highest BCUT2D eigenvalue weighted by molar-refractivity contribution is 7.91. The van der Waals surface area contributed by atoms with Crippen molar-refractivity contribution in [1.29, 1.82) is 0 Å². The summed E-state index contributed by atoms with van der Waals surface area (Å²) < 4.78 is 24.4. The van der Waals surface area contributed by atoms with Crippen LogP contribution < -0.4 is 4.90 Å². The molecule has 0 aromatic heterocycles. The maximum absolute atomic E-state index is 13.6. The fourth-order valence-electron chi connectivity index (χ4n) is 4.78. The third-order valence-corrected chi connectivity index (χ3v) is 8.83. The first-order valence-corrected chi connectivity index (χ1v) is 13.5. The van der Waals surface area contributed by atoms with Crippen LogP contribution in [-0.2, 0) is 21.2 Å². The minimum atomic E-state index is -3.11. The molecule has 0 bridgehead atoms. The summed E-state index contributed by atoms with van der Waals surface area (Å²) in [4.78, 5) is 17.6. The molecule has 1 aromatic rings. The van der Waals surface area contributed by atoms with Gasteiger partial charge in [0.2, 0.25) is 5.91 Å². The fourth-order valence-corrected chi connectivity index (χ4v) is 6.78. The lowest BCUT2D eigenvalue weighted by atomic mass is 10.1. The Kier molecular flexibility index (Phi) is 7.34. The van der Waals surface area contributed by atoms with Crippen LogP contribution in [0.5, 0.6) is 0 Å². The largest absolute Gasteiger partial charge is 0.372 e. The van der Waals surface area contributed by atoms with E-state index in [9.17, 15) is 13.2 Å². The summed E-state index contributed by atoms with van der Waals surface area (Å²) in [7, 11) is -3.11. The van der Waals surface area contributed by atoms with Crippen LogP contribution in [0.3, 0.4) is 0 Å². The highest BCUT2D eigenvalue weighted by Gasteiger charge is 2.62. The summed E-state index contributed by atoms with van der Waals surface area (Å²) in [5.41, 5.74) is 1.88. The standard InChI is InChI=1S/C23H32Cl2N2O3S/c1-5-26(6-2)17-9-7-16(8-10-17)14-27(18-11-12-31(29,30)15-18)22(28)21-19(13-20(24)25)23(21,3)4/h7-10,13,18-19,21H,5-6,11-12,14-15H2,1-4H3/t18-,19-,21+/m0/s1. The van der Waals surface area contributed by atoms with E-state index >= 15 is 0 Å². The molecule has 0 spiro atoms. The van der Waals surface area contributed by atoms with E-state index < -0.39 is 9.84 Å². The van der Waals surface area contributed by atoms with Crippen molar-refractivity contribution in [2.75, 3.05) is 29.5 Å². The zero-order valence-electron chi connectivity index (χ0n) is 18.6. The van der Waals surface area contributed by atoms with E-state index in [2.05, 4.69) is 30.9 Å². The molecule has 0 unspecified atom stereocenters. The second kappa shape index (κ2) is 9.32. The minimum absolute atomic E-state index is 0.0178. The van der Waals surface area contributed by atoms with E-state index in [1.165, 1.54) is 0 Å². The Morgan fingerprint density at radius 1 is 1.16 bits per heavy atom. The van der Waals surface area contributed by atoms with E-state index in [0.717, 1.165) is 24.3 Å². The van der Waals surface area contributed by atoms with Gasteiger partial charge in [-0.3, -0.25) is 4.79 Å². The Morgan fingerprint density at radius 3 is 2.26 bits per heavy atom. The molecule has 3 atom stereocenters. The van der Waals surface area contributed by atoms with Crippen molar-refractivity contribution < 1.29 is 13.2 Å². The number of allylic oxidation sites excluding steroid dienone is 1. The van der Waals surface area contributed by atoms with Crippen LogP contribution in [0.1, 0.15) is 39.7 Å². The van der Waals surface area contributed by atoms with E-state index in [0.29, 0.717) is 13.0 Å². The Bertz CT molecular complexity index is 936. The van der Waals surface area contributed by atoms with Crippen LogP contribution in [0.15, 0.2) is 34.8 Å². The number of rotatable bonds is 8. The summed E-state index contributed by atoms with van der Waals surface area (Å²) in [5.74, 6) is -0.155. The van der Waals surface area contributed by atoms with E-state index in [1.807, 2.05) is 26.0 Å². The first kappa shape index (κ1) is 24.4. The molecule has 1 heterocycles. The molecule has 1 aliphatic carbocycles. The molecular weight excluding hydrogens is 455 g/mol. The third-order valence-electron chi connectivity index (χ3n) is 6.83.